The molecular formula is C12H10FNO3. The van der Waals surface area contributed by atoms with E-state index >= 15 is 0 Å². The maximum absolute atomic E-state index is 12.7. The summed E-state index contributed by atoms with van der Waals surface area (Å²) in [5.74, 6) is -0.750. The molecule has 5 heteroatoms. The monoisotopic (exact) mass is 235 g/mol. The summed E-state index contributed by atoms with van der Waals surface area (Å²) in [6, 6.07) is 4.52. The summed E-state index contributed by atoms with van der Waals surface area (Å²) in [4.78, 5) is 15.0. The Balaban J connectivity index is 2.69. The van der Waals surface area contributed by atoms with Crippen molar-refractivity contribution in [2.75, 3.05) is 7.11 Å². The van der Waals surface area contributed by atoms with E-state index in [0.717, 1.165) is 0 Å². The van der Waals surface area contributed by atoms with Gasteiger partial charge in [-0.05, 0) is 17.5 Å². The highest BCUT2D eigenvalue weighted by atomic mass is 19.1. The van der Waals surface area contributed by atoms with Gasteiger partial charge in [0.2, 0.25) is 5.88 Å². The maximum Gasteiger partial charge on any atom is 0.337 e. The number of methoxy groups -OCH3 is 1. The lowest BCUT2D eigenvalue weighted by atomic mass is 10.1. The van der Waals surface area contributed by atoms with E-state index in [1.165, 1.54) is 25.4 Å². The van der Waals surface area contributed by atoms with Crippen LogP contribution in [0.4, 0.5) is 4.39 Å². The van der Waals surface area contributed by atoms with Crippen molar-refractivity contribution in [3.8, 4) is 5.88 Å². The lowest BCUT2D eigenvalue weighted by Gasteiger charge is -2.06. The SMILES string of the molecule is COC(=O)c1ccc2c(CF)cnc(O)c2c1. The van der Waals surface area contributed by atoms with E-state index in [9.17, 15) is 14.3 Å². The van der Waals surface area contributed by atoms with E-state index in [4.69, 9.17) is 0 Å². The number of halogens is 1. The second-order valence-corrected chi connectivity index (χ2v) is 3.49. The Kier molecular flexibility index (Phi) is 2.91. The van der Waals surface area contributed by atoms with Gasteiger partial charge in [-0.15, -0.1) is 0 Å². The molecule has 1 heterocycles. The molecule has 0 aliphatic heterocycles. The van der Waals surface area contributed by atoms with E-state index in [-0.39, 0.29) is 11.4 Å². The number of rotatable bonds is 2. The number of aromatic hydroxyl groups is 1. The molecule has 88 valence electrons. The van der Waals surface area contributed by atoms with E-state index in [0.29, 0.717) is 16.3 Å². The molecule has 0 spiro atoms. The van der Waals surface area contributed by atoms with Crippen LogP contribution in [0.2, 0.25) is 0 Å². The molecule has 0 aliphatic rings. The van der Waals surface area contributed by atoms with Gasteiger partial charge in [0.1, 0.15) is 6.67 Å². The fourth-order valence-corrected chi connectivity index (χ4v) is 1.64. The molecule has 0 saturated carbocycles. The van der Waals surface area contributed by atoms with Crippen LogP contribution < -0.4 is 0 Å². The van der Waals surface area contributed by atoms with Gasteiger partial charge in [-0.2, -0.15) is 0 Å². The molecule has 17 heavy (non-hydrogen) atoms. The molecule has 0 bridgehead atoms. The molecule has 0 aliphatic carbocycles. The number of ether oxygens (including phenoxy) is 1. The van der Waals surface area contributed by atoms with E-state index in [1.807, 2.05) is 0 Å². The van der Waals surface area contributed by atoms with Gasteiger partial charge in [0, 0.05) is 17.1 Å². The van der Waals surface area contributed by atoms with Crippen molar-refractivity contribution in [1.29, 1.82) is 0 Å². The van der Waals surface area contributed by atoms with Gasteiger partial charge in [-0.25, -0.2) is 14.2 Å². The number of hydrogen-bond donors (Lipinski definition) is 1. The Labute approximate surface area is 96.7 Å². The molecule has 0 unspecified atom stereocenters. The number of hydrogen-bond acceptors (Lipinski definition) is 4. The number of carbonyl (C=O) groups is 1. The number of esters is 1. The first kappa shape index (κ1) is 11.3. The average Bonchev–Trinajstić information content (AvgIpc) is 2.38. The number of aromatic nitrogens is 1. The van der Waals surface area contributed by atoms with Crippen LogP contribution in [0.1, 0.15) is 15.9 Å². The third-order valence-electron chi connectivity index (χ3n) is 2.51. The summed E-state index contributed by atoms with van der Waals surface area (Å²) in [5, 5.41) is 10.5. The van der Waals surface area contributed by atoms with Crippen molar-refractivity contribution < 1.29 is 19.0 Å². The van der Waals surface area contributed by atoms with Gasteiger partial charge < -0.3 is 9.84 Å². The van der Waals surface area contributed by atoms with Crippen molar-refractivity contribution in [1.82, 2.24) is 4.98 Å². The number of nitrogens with zero attached hydrogens (tertiary/aromatic N) is 1. The minimum Gasteiger partial charge on any atom is -0.493 e. The van der Waals surface area contributed by atoms with Gasteiger partial charge in [-0.3, -0.25) is 0 Å². The summed E-state index contributed by atoms with van der Waals surface area (Å²) in [6.07, 6.45) is 1.27. The molecule has 1 aromatic carbocycles. The smallest absolute Gasteiger partial charge is 0.337 e. The number of pyridine rings is 1. The maximum atomic E-state index is 12.7. The fourth-order valence-electron chi connectivity index (χ4n) is 1.64. The minimum atomic E-state index is -0.679. The molecule has 1 aromatic heterocycles. The Hall–Kier alpha value is -2.17. The number of carbonyl (C=O) groups excluding carboxylic acids is 1. The fraction of sp³-hybridized carbons (Fsp3) is 0.167. The molecule has 0 radical (unpaired) electrons. The third-order valence-corrected chi connectivity index (χ3v) is 2.51. The van der Waals surface area contributed by atoms with Crippen molar-refractivity contribution >= 4 is 16.7 Å². The average molecular weight is 235 g/mol. The zero-order valence-corrected chi connectivity index (χ0v) is 9.11. The first-order valence-corrected chi connectivity index (χ1v) is 4.92. The number of benzene rings is 1. The standard InChI is InChI=1S/C12H10FNO3/c1-17-12(16)7-2-3-9-8(5-13)6-14-11(15)10(9)4-7/h2-4,6H,5H2,1H3,(H,14,15). The van der Waals surface area contributed by atoms with Gasteiger partial charge in [0.15, 0.2) is 0 Å². The predicted molar refractivity (Wildman–Crippen MR) is 59.6 cm³/mol. The summed E-state index contributed by atoms with van der Waals surface area (Å²) in [5.41, 5.74) is 0.655. The van der Waals surface area contributed by atoms with Crippen LogP contribution in [0.15, 0.2) is 24.4 Å². The Morgan fingerprint density at radius 3 is 2.88 bits per heavy atom. The molecule has 0 atom stereocenters. The minimum absolute atomic E-state index is 0.233. The quantitative estimate of drug-likeness (QED) is 0.810. The Bertz CT molecular complexity index is 583. The van der Waals surface area contributed by atoms with Gasteiger partial charge in [0.25, 0.3) is 0 Å². The lowest BCUT2D eigenvalue weighted by Crippen LogP contribution is -2.01. The molecule has 1 N–H and O–H groups in total. The van der Waals surface area contributed by atoms with E-state index < -0.39 is 12.6 Å². The molecule has 2 aromatic rings. The van der Waals surface area contributed by atoms with Gasteiger partial charge >= 0.3 is 5.97 Å². The summed E-state index contributed by atoms with van der Waals surface area (Å²) < 4.78 is 17.3. The lowest BCUT2D eigenvalue weighted by molar-refractivity contribution is 0.0601. The first-order valence-electron chi connectivity index (χ1n) is 4.92. The molecule has 0 saturated heterocycles. The van der Waals surface area contributed by atoms with Crippen LogP contribution in [0.25, 0.3) is 10.8 Å². The predicted octanol–water partition coefficient (Wildman–Crippen LogP) is 2.20. The van der Waals surface area contributed by atoms with Crippen molar-refractivity contribution in [3.63, 3.8) is 0 Å². The second kappa shape index (κ2) is 4.37. The van der Waals surface area contributed by atoms with Crippen LogP contribution in [0.3, 0.4) is 0 Å². The first-order chi connectivity index (χ1) is 8.17. The largest absolute Gasteiger partial charge is 0.493 e. The van der Waals surface area contributed by atoms with Crippen molar-refractivity contribution in [3.05, 3.63) is 35.5 Å². The topological polar surface area (TPSA) is 59.4 Å². The zero-order valence-electron chi connectivity index (χ0n) is 9.11. The second-order valence-electron chi connectivity index (χ2n) is 3.49. The molecule has 4 nitrogen and oxygen atoms in total. The molecule has 2 rings (SSSR count). The van der Waals surface area contributed by atoms with Gasteiger partial charge in [-0.1, -0.05) is 6.07 Å². The van der Waals surface area contributed by atoms with Crippen LogP contribution in [-0.4, -0.2) is 23.2 Å². The molecule has 0 amide bonds. The number of alkyl halides is 1. The number of fused-ring (bicyclic) bond motifs is 1. The Morgan fingerprint density at radius 1 is 1.47 bits per heavy atom. The van der Waals surface area contributed by atoms with Crippen molar-refractivity contribution in [2.45, 2.75) is 6.67 Å². The highest BCUT2D eigenvalue weighted by molar-refractivity contribution is 5.97. The Morgan fingerprint density at radius 2 is 2.24 bits per heavy atom. The van der Waals surface area contributed by atoms with Gasteiger partial charge in [0.05, 0.1) is 12.7 Å². The summed E-state index contributed by atoms with van der Waals surface area (Å²) in [6.45, 7) is -0.679. The van der Waals surface area contributed by atoms with E-state index in [1.54, 1.807) is 6.07 Å². The highest BCUT2D eigenvalue weighted by Crippen LogP contribution is 2.27. The zero-order chi connectivity index (χ0) is 12.4. The summed E-state index contributed by atoms with van der Waals surface area (Å²) in [7, 11) is 1.27. The van der Waals surface area contributed by atoms with Crippen LogP contribution in [0, 0.1) is 0 Å². The van der Waals surface area contributed by atoms with Crippen LogP contribution in [0.5, 0.6) is 5.88 Å². The normalized spacial score (nSPS) is 10.5. The van der Waals surface area contributed by atoms with Crippen LogP contribution >= 0.6 is 0 Å². The molecule has 0 fully saturated rings. The molecular weight excluding hydrogens is 225 g/mol. The van der Waals surface area contributed by atoms with E-state index in [2.05, 4.69) is 9.72 Å². The highest BCUT2D eigenvalue weighted by Gasteiger charge is 2.11. The summed E-state index contributed by atoms with van der Waals surface area (Å²) >= 11 is 0. The third kappa shape index (κ3) is 1.91. The van der Waals surface area contributed by atoms with Crippen molar-refractivity contribution in [2.24, 2.45) is 0 Å². The van der Waals surface area contributed by atoms with Crippen LogP contribution in [-0.2, 0) is 11.4 Å².